The summed E-state index contributed by atoms with van der Waals surface area (Å²) in [5.74, 6) is -0.817. The molecular weight excluding hydrogens is 358 g/mol. The predicted molar refractivity (Wildman–Crippen MR) is 104 cm³/mol. The minimum absolute atomic E-state index is 0.124. The van der Waals surface area contributed by atoms with E-state index in [4.69, 9.17) is 4.74 Å². The monoisotopic (exact) mass is 377 g/mol. The van der Waals surface area contributed by atoms with Gasteiger partial charge in [-0.05, 0) is 30.5 Å². The minimum Gasteiger partial charge on any atom is -0.455 e. The number of H-pyrrole nitrogens is 1. The lowest BCUT2D eigenvalue weighted by Gasteiger charge is -2.29. The number of aromatic amines is 1. The van der Waals surface area contributed by atoms with Crippen molar-refractivity contribution in [3.05, 3.63) is 70.1 Å². The zero-order chi connectivity index (χ0) is 19.5. The van der Waals surface area contributed by atoms with Gasteiger partial charge < -0.3 is 9.64 Å². The summed E-state index contributed by atoms with van der Waals surface area (Å²) in [4.78, 5) is 38.3. The lowest BCUT2D eigenvalue weighted by Crippen LogP contribution is -2.38. The topological polar surface area (TPSA) is 92.4 Å². The van der Waals surface area contributed by atoms with Crippen LogP contribution < -0.4 is 10.5 Å². The average molecular weight is 377 g/mol. The Morgan fingerprint density at radius 1 is 1.07 bits per heavy atom. The van der Waals surface area contributed by atoms with Crippen LogP contribution in [0.5, 0.6) is 0 Å². The molecule has 142 valence electrons. The molecule has 0 saturated heterocycles. The third-order valence-corrected chi connectivity index (χ3v) is 4.85. The Morgan fingerprint density at radius 2 is 1.82 bits per heavy atom. The highest BCUT2D eigenvalue weighted by Crippen LogP contribution is 2.26. The van der Waals surface area contributed by atoms with Gasteiger partial charge in [-0.2, -0.15) is 5.10 Å². The molecule has 1 aliphatic heterocycles. The summed E-state index contributed by atoms with van der Waals surface area (Å²) in [7, 11) is 0. The van der Waals surface area contributed by atoms with E-state index in [1.165, 1.54) is 0 Å². The zero-order valence-electron chi connectivity index (χ0n) is 15.2. The summed E-state index contributed by atoms with van der Waals surface area (Å²) in [5.41, 5.74) is 2.10. The molecule has 0 saturated carbocycles. The van der Waals surface area contributed by atoms with Crippen LogP contribution in [0.15, 0.2) is 53.3 Å². The molecule has 0 radical (unpaired) electrons. The highest BCUT2D eigenvalue weighted by atomic mass is 16.5. The summed E-state index contributed by atoms with van der Waals surface area (Å²) in [6, 6.07) is 14.7. The van der Waals surface area contributed by atoms with Gasteiger partial charge in [-0.1, -0.05) is 36.4 Å². The number of para-hydroxylation sites is 1. The van der Waals surface area contributed by atoms with Crippen molar-refractivity contribution < 1.29 is 14.3 Å². The normalized spacial score (nSPS) is 13.2. The summed E-state index contributed by atoms with van der Waals surface area (Å²) in [5, 5.41) is 7.40. The number of esters is 1. The Morgan fingerprint density at radius 3 is 2.68 bits per heavy atom. The molecule has 28 heavy (non-hydrogen) atoms. The zero-order valence-corrected chi connectivity index (χ0v) is 15.2. The molecule has 7 heteroatoms. The van der Waals surface area contributed by atoms with Crippen molar-refractivity contribution in [1.82, 2.24) is 10.2 Å². The Labute approximate surface area is 160 Å². The van der Waals surface area contributed by atoms with Crippen molar-refractivity contribution >= 4 is 28.3 Å². The van der Waals surface area contributed by atoms with Gasteiger partial charge in [-0.25, -0.2) is 5.10 Å². The fraction of sp³-hybridized carbons (Fsp3) is 0.238. The Bertz CT molecular complexity index is 1110. The van der Waals surface area contributed by atoms with Crippen molar-refractivity contribution in [3.8, 4) is 0 Å². The number of rotatable bonds is 4. The lowest BCUT2D eigenvalue weighted by atomic mass is 10.0. The van der Waals surface area contributed by atoms with E-state index in [1.54, 1.807) is 29.2 Å². The highest BCUT2D eigenvalue weighted by molar-refractivity contribution is 5.96. The Kier molecular flexibility index (Phi) is 4.89. The number of carbonyl (C=O) groups is 2. The van der Waals surface area contributed by atoms with Crippen LogP contribution in [0.2, 0.25) is 0 Å². The number of carbonyl (C=O) groups excluding carboxylic acids is 2. The maximum atomic E-state index is 12.6. The van der Waals surface area contributed by atoms with E-state index < -0.39 is 5.97 Å². The molecule has 1 amide bonds. The molecule has 0 bridgehead atoms. The maximum absolute atomic E-state index is 12.6. The SMILES string of the molecule is O=C(Cc1n[nH]c(=O)c2ccccc12)OCC(=O)N1CCCc2ccccc21. The molecule has 0 unspecified atom stereocenters. The predicted octanol–water partition coefficient (Wildman–Crippen LogP) is 1.99. The van der Waals surface area contributed by atoms with Crippen LogP contribution in [-0.2, 0) is 27.2 Å². The van der Waals surface area contributed by atoms with Gasteiger partial charge in [-0.3, -0.25) is 14.4 Å². The van der Waals surface area contributed by atoms with Gasteiger partial charge in [0.25, 0.3) is 11.5 Å². The van der Waals surface area contributed by atoms with E-state index in [2.05, 4.69) is 10.2 Å². The number of anilines is 1. The first-order valence-electron chi connectivity index (χ1n) is 9.13. The van der Waals surface area contributed by atoms with Crippen molar-refractivity contribution in [2.24, 2.45) is 0 Å². The van der Waals surface area contributed by atoms with Gasteiger partial charge in [0.15, 0.2) is 6.61 Å². The molecule has 1 N–H and O–H groups in total. The largest absolute Gasteiger partial charge is 0.455 e. The number of nitrogens with one attached hydrogen (secondary N) is 1. The maximum Gasteiger partial charge on any atom is 0.312 e. The molecule has 0 spiro atoms. The first-order chi connectivity index (χ1) is 13.6. The summed E-state index contributed by atoms with van der Waals surface area (Å²) in [6.45, 7) is 0.286. The van der Waals surface area contributed by atoms with Crippen LogP contribution >= 0.6 is 0 Å². The van der Waals surface area contributed by atoms with Gasteiger partial charge in [0.1, 0.15) is 0 Å². The summed E-state index contributed by atoms with van der Waals surface area (Å²) < 4.78 is 5.19. The molecule has 0 aliphatic carbocycles. The third kappa shape index (κ3) is 3.51. The van der Waals surface area contributed by atoms with Crippen molar-refractivity contribution in [3.63, 3.8) is 0 Å². The number of amides is 1. The number of nitrogens with zero attached hydrogens (tertiary/aromatic N) is 2. The fourth-order valence-electron chi connectivity index (χ4n) is 3.51. The first-order valence-corrected chi connectivity index (χ1v) is 9.13. The quantitative estimate of drug-likeness (QED) is 0.702. The average Bonchev–Trinajstić information content (AvgIpc) is 2.74. The van der Waals surface area contributed by atoms with Gasteiger partial charge in [0.2, 0.25) is 0 Å². The Hall–Kier alpha value is -3.48. The minimum atomic E-state index is -0.566. The summed E-state index contributed by atoms with van der Waals surface area (Å²) >= 11 is 0. The fourth-order valence-corrected chi connectivity index (χ4v) is 3.51. The van der Waals surface area contributed by atoms with Gasteiger partial charge in [0, 0.05) is 17.6 Å². The van der Waals surface area contributed by atoms with Gasteiger partial charge in [-0.15, -0.1) is 0 Å². The molecule has 1 aliphatic rings. The van der Waals surface area contributed by atoms with E-state index in [9.17, 15) is 14.4 Å². The first kappa shape index (κ1) is 17.9. The standard InChI is InChI=1S/C21H19N3O4/c25-19(24-11-5-7-14-6-1-4-10-18(14)24)13-28-20(26)12-17-15-8-2-3-9-16(15)21(27)23-22-17/h1-4,6,8-10H,5,7,11-13H2,(H,23,27). The summed E-state index contributed by atoms with van der Waals surface area (Å²) in [6.07, 6.45) is 1.69. The number of ether oxygens (including phenoxy) is 1. The smallest absolute Gasteiger partial charge is 0.312 e. The van der Waals surface area contributed by atoms with Gasteiger partial charge in [0.05, 0.1) is 17.5 Å². The van der Waals surface area contributed by atoms with E-state index in [-0.39, 0.29) is 24.5 Å². The van der Waals surface area contributed by atoms with Crippen LogP contribution in [0.4, 0.5) is 5.69 Å². The molecule has 3 aromatic rings. The number of aryl methyl sites for hydroxylation is 1. The Balaban J connectivity index is 1.43. The van der Waals surface area contributed by atoms with E-state index >= 15 is 0 Å². The van der Waals surface area contributed by atoms with Gasteiger partial charge >= 0.3 is 5.97 Å². The molecule has 2 aromatic carbocycles. The molecule has 2 heterocycles. The van der Waals surface area contributed by atoms with E-state index in [0.717, 1.165) is 24.1 Å². The van der Waals surface area contributed by atoms with Crippen molar-refractivity contribution in [1.29, 1.82) is 0 Å². The molecule has 7 nitrogen and oxygen atoms in total. The second-order valence-electron chi connectivity index (χ2n) is 6.66. The number of hydrogen-bond donors (Lipinski definition) is 1. The second-order valence-corrected chi connectivity index (χ2v) is 6.66. The lowest BCUT2D eigenvalue weighted by molar-refractivity contribution is -0.147. The van der Waals surface area contributed by atoms with Crippen LogP contribution in [0, 0.1) is 0 Å². The van der Waals surface area contributed by atoms with Crippen LogP contribution in [0.3, 0.4) is 0 Å². The van der Waals surface area contributed by atoms with Crippen LogP contribution in [-0.4, -0.2) is 35.2 Å². The van der Waals surface area contributed by atoms with E-state index in [0.29, 0.717) is 23.0 Å². The third-order valence-electron chi connectivity index (χ3n) is 4.85. The highest BCUT2D eigenvalue weighted by Gasteiger charge is 2.23. The number of benzene rings is 2. The molecular formula is C21H19N3O4. The number of aromatic nitrogens is 2. The second kappa shape index (κ2) is 7.64. The molecule has 0 fully saturated rings. The van der Waals surface area contributed by atoms with Crippen molar-refractivity contribution in [2.75, 3.05) is 18.1 Å². The number of hydrogen-bond acceptors (Lipinski definition) is 5. The molecule has 1 aromatic heterocycles. The van der Waals surface area contributed by atoms with Crippen LogP contribution in [0.25, 0.3) is 10.8 Å². The van der Waals surface area contributed by atoms with E-state index in [1.807, 2.05) is 24.3 Å². The molecule has 4 rings (SSSR count). The van der Waals surface area contributed by atoms with Crippen LogP contribution in [0.1, 0.15) is 17.7 Å². The number of fused-ring (bicyclic) bond motifs is 2. The van der Waals surface area contributed by atoms with Crippen molar-refractivity contribution in [2.45, 2.75) is 19.3 Å². The molecule has 0 atom stereocenters.